The lowest BCUT2D eigenvalue weighted by atomic mass is 10.1. The molecule has 1 aromatic carbocycles. The van der Waals surface area contributed by atoms with Gasteiger partial charge in [0.05, 0.1) is 10.6 Å². The zero-order valence-corrected chi connectivity index (χ0v) is 16.9. The molecule has 12 heteroatoms. The number of nitro benzene ring substituents is 1. The van der Waals surface area contributed by atoms with Gasteiger partial charge in [-0.3, -0.25) is 19.8 Å². The minimum Gasteiger partial charge on any atom is -0.484 e. The summed E-state index contributed by atoms with van der Waals surface area (Å²) in [7, 11) is 0. The van der Waals surface area contributed by atoms with Gasteiger partial charge < -0.3 is 14.2 Å². The third kappa shape index (κ3) is 5.51. The number of nitrogens with zero attached hydrogens (tertiary/aromatic N) is 4. The van der Waals surface area contributed by atoms with Crippen molar-refractivity contribution in [2.45, 2.75) is 26.6 Å². The van der Waals surface area contributed by atoms with Gasteiger partial charge in [0.2, 0.25) is 0 Å². The van der Waals surface area contributed by atoms with Crippen LogP contribution in [0.25, 0.3) is 0 Å². The summed E-state index contributed by atoms with van der Waals surface area (Å²) >= 11 is 0. The fourth-order valence-electron chi connectivity index (χ4n) is 3.33. The molecule has 0 saturated carbocycles. The number of piperazine rings is 1. The zero-order valence-electron chi connectivity index (χ0n) is 16.9. The van der Waals surface area contributed by atoms with E-state index in [2.05, 4.69) is 14.8 Å². The zero-order chi connectivity index (χ0) is 22.8. The van der Waals surface area contributed by atoms with E-state index >= 15 is 0 Å². The minimum atomic E-state index is -4.57. The summed E-state index contributed by atoms with van der Waals surface area (Å²) in [6.45, 7) is 4.38. The molecule has 0 unspecified atom stereocenters. The molecule has 3 rings (SSSR count). The molecule has 0 aliphatic carbocycles. The number of aryl methyl sites for hydroxylation is 2. The van der Waals surface area contributed by atoms with Gasteiger partial charge >= 0.3 is 6.18 Å². The lowest BCUT2D eigenvalue weighted by molar-refractivity contribution is -0.385. The maximum absolute atomic E-state index is 12.9. The smallest absolute Gasteiger partial charge is 0.422 e. The first kappa shape index (κ1) is 22.5. The van der Waals surface area contributed by atoms with Crippen LogP contribution in [-0.4, -0.2) is 64.7 Å². The Balaban J connectivity index is 1.69. The second-order valence-corrected chi connectivity index (χ2v) is 7.21. The predicted octanol–water partition coefficient (Wildman–Crippen LogP) is 3.10. The largest absolute Gasteiger partial charge is 0.484 e. The van der Waals surface area contributed by atoms with Crippen LogP contribution >= 0.6 is 0 Å². The van der Waals surface area contributed by atoms with Crippen LogP contribution in [0.4, 0.5) is 18.9 Å². The molecular weight excluding hydrogens is 421 g/mol. The summed E-state index contributed by atoms with van der Waals surface area (Å²) in [4.78, 5) is 27.0. The third-order valence-electron chi connectivity index (χ3n) is 5.02. The Hall–Kier alpha value is -3.15. The molecule has 1 fully saturated rings. The van der Waals surface area contributed by atoms with Crippen LogP contribution in [0.3, 0.4) is 0 Å². The van der Waals surface area contributed by atoms with E-state index in [1.165, 1.54) is 4.90 Å². The Morgan fingerprint density at radius 3 is 2.48 bits per heavy atom. The van der Waals surface area contributed by atoms with Gasteiger partial charge in [0.25, 0.3) is 11.6 Å². The van der Waals surface area contributed by atoms with Gasteiger partial charge in [0.15, 0.2) is 6.61 Å². The van der Waals surface area contributed by atoms with Gasteiger partial charge in [-0.2, -0.15) is 13.2 Å². The fraction of sp³-hybridized carbons (Fsp3) is 0.474. The number of benzene rings is 1. The number of nitro groups is 1. The predicted molar refractivity (Wildman–Crippen MR) is 102 cm³/mol. The van der Waals surface area contributed by atoms with Crippen LogP contribution in [0.15, 0.2) is 22.7 Å². The van der Waals surface area contributed by atoms with Gasteiger partial charge in [-0.05, 0) is 26.0 Å². The van der Waals surface area contributed by atoms with Crippen LogP contribution in [0.1, 0.15) is 27.4 Å². The molecule has 1 aliphatic heterocycles. The summed E-state index contributed by atoms with van der Waals surface area (Å²) in [6.07, 6.45) is -4.57. The van der Waals surface area contributed by atoms with E-state index in [1.807, 2.05) is 13.8 Å². The number of aromatic nitrogens is 1. The second-order valence-electron chi connectivity index (χ2n) is 7.21. The monoisotopic (exact) mass is 442 g/mol. The second kappa shape index (κ2) is 8.92. The highest BCUT2D eigenvalue weighted by atomic mass is 19.4. The summed E-state index contributed by atoms with van der Waals surface area (Å²) in [5, 5.41) is 15.2. The van der Waals surface area contributed by atoms with Crippen molar-refractivity contribution >= 4 is 11.6 Å². The number of carbonyl (C=O) groups excluding carboxylic acids is 1. The molecule has 0 radical (unpaired) electrons. The van der Waals surface area contributed by atoms with E-state index in [1.54, 1.807) is 0 Å². The number of hydrogen-bond donors (Lipinski definition) is 0. The van der Waals surface area contributed by atoms with Crippen LogP contribution in [0.5, 0.6) is 5.75 Å². The summed E-state index contributed by atoms with van der Waals surface area (Å²) in [5.74, 6) is -0.160. The number of amides is 1. The standard InChI is InChI=1S/C19H21F3N4O5/c1-12-16(13(2)31-23-12)10-24-5-7-25(8-6-24)18(27)15-9-14(30-11-19(20,21)22)3-4-17(15)26(28)29/h3-4,9H,5-8,10-11H2,1-2H3. The molecule has 168 valence electrons. The number of rotatable bonds is 6. The number of alkyl halides is 3. The summed E-state index contributed by atoms with van der Waals surface area (Å²) < 4.78 is 47.0. The number of halogens is 3. The van der Waals surface area contributed by atoms with E-state index in [4.69, 9.17) is 4.52 Å². The molecule has 1 saturated heterocycles. The van der Waals surface area contributed by atoms with Gasteiger partial charge in [-0.15, -0.1) is 0 Å². The van der Waals surface area contributed by atoms with Gasteiger partial charge in [-0.1, -0.05) is 5.16 Å². The van der Waals surface area contributed by atoms with Crippen molar-refractivity contribution in [1.29, 1.82) is 0 Å². The SMILES string of the molecule is Cc1noc(C)c1CN1CCN(C(=O)c2cc(OCC(F)(F)F)ccc2[N+](=O)[O-])CC1. The van der Waals surface area contributed by atoms with Gasteiger partial charge in [0.1, 0.15) is 17.1 Å². The van der Waals surface area contributed by atoms with Crippen LogP contribution in [-0.2, 0) is 6.54 Å². The van der Waals surface area contributed by atoms with E-state index in [9.17, 15) is 28.1 Å². The highest BCUT2D eigenvalue weighted by molar-refractivity contribution is 5.98. The van der Waals surface area contributed by atoms with E-state index in [-0.39, 0.29) is 11.3 Å². The van der Waals surface area contributed by atoms with Gasteiger partial charge in [-0.25, -0.2) is 0 Å². The quantitative estimate of drug-likeness (QED) is 0.500. The highest BCUT2D eigenvalue weighted by Crippen LogP contribution is 2.27. The normalized spacial score (nSPS) is 15.2. The molecule has 0 atom stereocenters. The van der Waals surface area contributed by atoms with Crippen LogP contribution < -0.4 is 4.74 Å². The van der Waals surface area contributed by atoms with Crippen molar-refractivity contribution in [3.05, 3.63) is 50.9 Å². The molecule has 1 aliphatic rings. The van der Waals surface area contributed by atoms with Crippen LogP contribution in [0.2, 0.25) is 0 Å². The molecule has 1 amide bonds. The van der Waals surface area contributed by atoms with E-state index < -0.39 is 29.3 Å². The molecular formula is C19H21F3N4O5. The third-order valence-corrected chi connectivity index (χ3v) is 5.02. The first-order chi connectivity index (χ1) is 14.5. The van der Waals surface area contributed by atoms with Crippen molar-refractivity contribution < 1.29 is 32.1 Å². The first-order valence-electron chi connectivity index (χ1n) is 9.46. The average Bonchev–Trinajstić information content (AvgIpc) is 3.03. The number of carbonyl (C=O) groups is 1. The van der Waals surface area contributed by atoms with Crippen molar-refractivity contribution in [1.82, 2.24) is 15.0 Å². The van der Waals surface area contributed by atoms with E-state index in [0.717, 1.165) is 35.2 Å². The Morgan fingerprint density at radius 1 is 1.26 bits per heavy atom. The van der Waals surface area contributed by atoms with Crippen molar-refractivity contribution in [2.75, 3.05) is 32.8 Å². The molecule has 2 heterocycles. The topological polar surface area (TPSA) is 102 Å². The molecule has 9 nitrogen and oxygen atoms in total. The average molecular weight is 442 g/mol. The molecule has 0 spiro atoms. The van der Waals surface area contributed by atoms with Crippen molar-refractivity contribution in [3.63, 3.8) is 0 Å². The maximum Gasteiger partial charge on any atom is 0.422 e. The lowest BCUT2D eigenvalue weighted by Crippen LogP contribution is -2.48. The molecule has 0 bridgehead atoms. The van der Waals surface area contributed by atoms with Gasteiger partial charge in [0, 0.05) is 44.4 Å². The fourth-order valence-corrected chi connectivity index (χ4v) is 3.33. The number of hydrogen-bond acceptors (Lipinski definition) is 7. The number of ether oxygens (including phenoxy) is 1. The Bertz CT molecular complexity index is 948. The summed E-state index contributed by atoms with van der Waals surface area (Å²) in [6, 6.07) is 3.01. The maximum atomic E-state index is 12.9. The molecule has 31 heavy (non-hydrogen) atoms. The highest BCUT2D eigenvalue weighted by Gasteiger charge is 2.31. The minimum absolute atomic E-state index is 0.261. The first-order valence-corrected chi connectivity index (χ1v) is 9.46. The molecule has 0 N–H and O–H groups in total. The molecule has 2 aromatic rings. The van der Waals surface area contributed by atoms with E-state index in [0.29, 0.717) is 32.7 Å². The Kier molecular flexibility index (Phi) is 6.48. The van der Waals surface area contributed by atoms with Crippen LogP contribution in [0, 0.1) is 24.0 Å². The lowest BCUT2D eigenvalue weighted by Gasteiger charge is -2.34. The Morgan fingerprint density at radius 2 is 1.94 bits per heavy atom. The summed E-state index contributed by atoms with van der Waals surface area (Å²) in [5.41, 5.74) is 0.985. The Labute approximate surface area is 175 Å². The van der Waals surface area contributed by atoms with Crippen molar-refractivity contribution in [2.24, 2.45) is 0 Å². The van der Waals surface area contributed by atoms with Crippen molar-refractivity contribution in [3.8, 4) is 5.75 Å². The molecule has 1 aromatic heterocycles.